The molecule has 1 aliphatic heterocycles. The van der Waals surface area contributed by atoms with Crippen molar-refractivity contribution < 1.29 is 17.9 Å². The molecule has 0 aromatic carbocycles. The number of alkyl halides is 3. The molecule has 0 saturated carbocycles. The van der Waals surface area contributed by atoms with E-state index in [4.69, 9.17) is 11.6 Å². The Balaban J connectivity index is 1.65. The molecule has 0 radical (unpaired) electrons. The maximum atomic E-state index is 13.1. The van der Waals surface area contributed by atoms with E-state index in [0.717, 1.165) is 38.8 Å². The third-order valence-electron chi connectivity index (χ3n) is 6.81. The second-order valence-electron chi connectivity index (χ2n) is 9.23. The molecule has 0 aliphatic carbocycles. The zero-order valence-corrected chi connectivity index (χ0v) is 22.0. The van der Waals surface area contributed by atoms with Gasteiger partial charge in [0.15, 0.2) is 0 Å². The SMILES string of the molecule is C=C/C=C(\C=C/COC(F)(F)F)n1c(=O)c(Cl)c(C(C)N2CCC(CCCc3cccnc3)CC2)n1C. The first-order valence-electron chi connectivity index (χ1n) is 12.4. The fourth-order valence-corrected chi connectivity index (χ4v) is 5.26. The maximum absolute atomic E-state index is 13.1. The average Bonchev–Trinajstić information content (AvgIpc) is 3.09. The molecule has 1 fully saturated rings. The third kappa shape index (κ3) is 7.93. The summed E-state index contributed by atoms with van der Waals surface area (Å²) in [5.74, 6) is 0.662. The van der Waals surface area contributed by atoms with Crippen LogP contribution in [-0.2, 0) is 18.2 Å². The summed E-state index contributed by atoms with van der Waals surface area (Å²) in [6.45, 7) is 6.80. The van der Waals surface area contributed by atoms with E-state index in [2.05, 4.69) is 27.3 Å². The second kappa shape index (κ2) is 13.3. The number of rotatable bonds is 11. The van der Waals surface area contributed by atoms with Crippen LogP contribution in [0.15, 0.2) is 60.2 Å². The summed E-state index contributed by atoms with van der Waals surface area (Å²) in [4.78, 5) is 19.6. The summed E-state index contributed by atoms with van der Waals surface area (Å²) in [7, 11) is 1.72. The molecule has 10 heteroatoms. The summed E-state index contributed by atoms with van der Waals surface area (Å²) in [6.07, 6.45) is 10.0. The fraction of sp³-hybridized carbons (Fsp3) is 0.481. The molecular formula is C27H34ClF3N4O2. The Bertz CT molecular complexity index is 1150. The van der Waals surface area contributed by atoms with Gasteiger partial charge in [-0.15, -0.1) is 13.2 Å². The molecule has 2 aromatic heterocycles. The highest BCUT2D eigenvalue weighted by Crippen LogP contribution is 2.31. The molecule has 0 N–H and O–H groups in total. The van der Waals surface area contributed by atoms with Gasteiger partial charge in [-0.2, -0.15) is 0 Å². The number of likely N-dealkylation sites (tertiary alicyclic amines) is 1. The van der Waals surface area contributed by atoms with Gasteiger partial charge in [0.25, 0.3) is 5.56 Å². The van der Waals surface area contributed by atoms with Gasteiger partial charge in [0.05, 0.1) is 24.0 Å². The van der Waals surface area contributed by atoms with Crippen LogP contribution in [0.4, 0.5) is 13.2 Å². The molecule has 1 atom stereocenters. The Kier molecular flexibility index (Phi) is 10.4. The second-order valence-corrected chi connectivity index (χ2v) is 9.61. The van der Waals surface area contributed by atoms with Gasteiger partial charge in [-0.25, -0.2) is 4.68 Å². The first-order valence-corrected chi connectivity index (χ1v) is 12.8. The van der Waals surface area contributed by atoms with E-state index in [1.165, 1.54) is 41.0 Å². The minimum absolute atomic E-state index is 0.100. The zero-order valence-electron chi connectivity index (χ0n) is 21.3. The summed E-state index contributed by atoms with van der Waals surface area (Å²) < 4.78 is 43.7. The minimum atomic E-state index is -4.73. The highest BCUT2D eigenvalue weighted by Gasteiger charge is 2.30. The number of allylic oxidation sites excluding steroid dienone is 4. The van der Waals surface area contributed by atoms with Crippen molar-refractivity contribution >= 4 is 17.3 Å². The van der Waals surface area contributed by atoms with Crippen molar-refractivity contribution in [3.05, 3.63) is 82.0 Å². The molecule has 0 bridgehead atoms. The van der Waals surface area contributed by atoms with Gasteiger partial charge in [0.1, 0.15) is 5.02 Å². The molecule has 37 heavy (non-hydrogen) atoms. The van der Waals surface area contributed by atoms with Crippen LogP contribution in [0.3, 0.4) is 0 Å². The minimum Gasteiger partial charge on any atom is -0.295 e. The predicted octanol–water partition coefficient (Wildman–Crippen LogP) is 6.15. The lowest BCUT2D eigenvalue weighted by molar-refractivity contribution is -0.319. The molecule has 0 spiro atoms. The lowest BCUT2D eigenvalue weighted by Crippen LogP contribution is -2.36. The van der Waals surface area contributed by atoms with Crippen molar-refractivity contribution in [2.24, 2.45) is 13.0 Å². The summed E-state index contributed by atoms with van der Waals surface area (Å²) in [6, 6.07) is 3.97. The average molecular weight is 539 g/mol. The molecule has 1 aliphatic rings. The molecule has 3 heterocycles. The maximum Gasteiger partial charge on any atom is 0.522 e. The molecular weight excluding hydrogens is 505 g/mol. The van der Waals surface area contributed by atoms with Crippen LogP contribution in [0.5, 0.6) is 0 Å². The molecule has 3 rings (SSSR count). The summed E-state index contributed by atoms with van der Waals surface area (Å²) >= 11 is 6.52. The normalized spacial score (nSPS) is 17.0. The van der Waals surface area contributed by atoms with Crippen molar-refractivity contribution in [1.29, 1.82) is 0 Å². The first-order chi connectivity index (χ1) is 17.6. The standard InChI is InChI=1S/C27H34ClF3N4O2/c1-4-8-23(12-7-18-37-27(29,30)31)35-26(36)24(28)25(33(35)3)20(2)34-16-13-21(14-17-34)9-5-10-22-11-6-15-32-19-22/h4,6-8,11-12,15,19-21H,1,5,9-10,13-14,16-18H2,2-3H3/b12-7-,23-8+. The first kappa shape index (κ1) is 28.9. The van der Waals surface area contributed by atoms with Crippen molar-refractivity contribution in [3.63, 3.8) is 0 Å². The van der Waals surface area contributed by atoms with Gasteiger partial charge >= 0.3 is 6.36 Å². The van der Waals surface area contributed by atoms with Crippen LogP contribution in [0.25, 0.3) is 5.70 Å². The van der Waals surface area contributed by atoms with Gasteiger partial charge in [-0.3, -0.25) is 24.1 Å². The van der Waals surface area contributed by atoms with E-state index in [9.17, 15) is 18.0 Å². The number of ether oxygens (including phenoxy) is 1. The van der Waals surface area contributed by atoms with Crippen LogP contribution >= 0.6 is 11.6 Å². The quantitative estimate of drug-likeness (QED) is 0.322. The van der Waals surface area contributed by atoms with Crippen LogP contribution in [0.1, 0.15) is 49.9 Å². The molecule has 1 saturated heterocycles. The van der Waals surface area contributed by atoms with E-state index in [1.807, 2.05) is 19.2 Å². The molecule has 1 unspecified atom stereocenters. The highest BCUT2D eigenvalue weighted by molar-refractivity contribution is 6.31. The van der Waals surface area contributed by atoms with Gasteiger partial charge < -0.3 is 0 Å². The third-order valence-corrected chi connectivity index (χ3v) is 7.17. The van der Waals surface area contributed by atoms with Crippen LogP contribution < -0.4 is 5.56 Å². The van der Waals surface area contributed by atoms with Crippen molar-refractivity contribution in [3.8, 4) is 0 Å². The van der Waals surface area contributed by atoms with Crippen LogP contribution in [-0.4, -0.2) is 45.3 Å². The largest absolute Gasteiger partial charge is 0.522 e. The molecule has 6 nitrogen and oxygen atoms in total. The van der Waals surface area contributed by atoms with Crippen molar-refractivity contribution in [2.75, 3.05) is 19.7 Å². The topological polar surface area (TPSA) is 52.3 Å². The Labute approximate surface area is 220 Å². The van der Waals surface area contributed by atoms with Gasteiger partial charge in [-0.05, 0) is 75.4 Å². The van der Waals surface area contributed by atoms with Crippen molar-refractivity contribution in [1.82, 2.24) is 19.2 Å². The number of hydrogen-bond acceptors (Lipinski definition) is 4. The van der Waals surface area contributed by atoms with Gasteiger partial charge in [0.2, 0.25) is 0 Å². The number of nitrogens with zero attached hydrogens (tertiary/aromatic N) is 4. The van der Waals surface area contributed by atoms with Crippen LogP contribution in [0, 0.1) is 5.92 Å². The Morgan fingerprint density at radius 2 is 2.08 bits per heavy atom. The lowest BCUT2D eigenvalue weighted by Gasteiger charge is -2.36. The summed E-state index contributed by atoms with van der Waals surface area (Å²) in [5.41, 5.74) is 1.82. The fourth-order valence-electron chi connectivity index (χ4n) is 4.90. The van der Waals surface area contributed by atoms with E-state index >= 15 is 0 Å². The van der Waals surface area contributed by atoms with E-state index in [1.54, 1.807) is 17.9 Å². The van der Waals surface area contributed by atoms with Gasteiger partial charge in [0, 0.05) is 19.4 Å². The van der Waals surface area contributed by atoms with E-state index < -0.39 is 18.5 Å². The van der Waals surface area contributed by atoms with E-state index in [-0.39, 0.29) is 11.1 Å². The molecule has 0 amide bonds. The number of pyridine rings is 1. The molecule has 2 aromatic rings. The Morgan fingerprint density at radius 1 is 1.35 bits per heavy atom. The smallest absolute Gasteiger partial charge is 0.295 e. The summed E-state index contributed by atoms with van der Waals surface area (Å²) in [5, 5.41) is 0.100. The highest BCUT2D eigenvalue weighted by atomic mass is 35.5. The zero-order chi connectivity index (χ0) is 27.0. The predicted molar refractivity (Wildman–Crippen MR) is 140 cm³/mol. The van der Waals surface area contributed by atoms with Gasteiger partial charge in [-0.1, -0.05) is 42.8 Å². The number of hydrogen-bond donors (Lipinski definition) is 0. The van der Waals surface area contributed by atoms with Crippen LogP contribution in [0.2, 0.25) is 5.02 Å². The van der Waals surface area contributed by atoms with Crippen molar-refractivity contribution in [2.45, 2.75) is 51.4 Å². The molecule has 202 valence electrons. The van der Waals surface area contributed by atoms with E-state index in [0.29, 0.717) is 17.3 Å². The Morgan fingerprint density at radius 3 is 2.70 bits per heavy atom. The number of aryl methyl sites for hydroxylation is 1. The lowest BCUT2D eigenvalue weighted by atomic mass is 9.90. The Hall–Kier alpha value is -2.62. The monoisotopic (exact) mass is 538 g/mol. The number of piperidine rings is 1. The number of aromatic nitrogens is 3. The number of halogens is 4.